The van der Waals surface area contributed by atoms with Crippen molar-refractivity contribution in [2.24, 2.45) is 0 Å². The molecular weight excluding hydrogens is 277 g/mol. The highest BCUT2D eigenvalue weighted by Gasteiger charge is 2.51. The summed E-state index contributed by atoms with van der Waals surface area (Å²) in [4.78, 5) is 10.8. The van der Waals surface area contributed by atoms with Crippen molar-refractivity contribution in [3.63, 3.8) is 0 Å². The first-order chi connectivity index (χ1) is 10.2. The number of aromatic nitrogens is 2. The second-order valence-corrected chi connectivity index (χ2v) is 6.97. The maximum atomic E-state index is 6.09. The molecule has 0 bridgehead atoms. The third-order valence-corrected chi connectivity index (χ3v) is 4.52. The summed E-state index contributed by atoms with van der Waals surface area (Å²) in [6.45, 7) is 8.22. The van der Waals surface area contributed by atoms with Gasteiger partial charge in [-0.2, -0.15) is 0 Å². The second kappa shape index (κ2) is 4.93. The number of benzene rings is 1. The minimum absolute atomic E-state index is 0.335. The highest BCUT2D eigenvalue weighted by atomic mass is 16.7. The van der Waals surface area contributed by atoms with Gasteiger partial charge in [0.2, 0.25) is 5.95 Å². The van der Waals surface area contributed by atoms with Crippen molar-refractivity contribution in [2.45, 2.75) is 38.9 Å². The van der Waals surface area contributed by atoms with Crippen molar-refractivity contribution in [2.75, 3.05) is 19.0 Å². The summed E-state index contributed by atoms with van der Waals surface area (Å²) < 4.78 is 12.2. The third-order valence-electron chi connectivity index (χ3n) is 4.52. The molecule has 116 valence electrons. The molecular formula is C16H22BN3O2. The Kier molecular flexibility index (Phi) is 3.42. The van der Waals surface area contributed by atoms with Crippen LogP contribution in [0.4, 0.5) is 5.95 Å². The molecule has 22 heavy (non-hydrogen) atoms. The highest BCUT2D eigenvalue weighted by molar-refractivity contribution is 6.62. The van der Waals surface area contributed by atoms with Crippen LogP contribution < -0.4 is 10.4 Å². The van der Waals surface area contributed by atoms with Gasteiger partial charge >= 0.3 is 7.12 Å². The summed E-state index contributed by atoms with van der Waals surface area (Å²) >= 11 is 0. The molecule has 3 rings (SSSR count). The molecule has 5 nitrogen and oxygen atoms in total. The number of nitrogens with zero attached hydrogens (tertiary/aromatic N) is 3. The van der Waals surface area contributed by atoms with Gasteiger partial charge in [0.1, 0.15) is 0 Å². The van der Waals surface area contributed by atoms with Gasteiger partial charge in [-0.1, -0.05) is 12.1 Å². The van der Waals surface area contributed by atoms with Crippen LogP contribution in [0.5, 0.6) is 0 Å². The van der Waals surface area contributed by atoms with E-state index in [9.17, 15) is 0 Å². The zero-order chi connectivity index (χ0) is 16.1. The first-order valence-corrected chi connectivity index (χ1v) is 7.49. The third kappa shape index (κ3) is 2.46. The Labute approximate surface area is 131 Å². The van der Waals surface area contributed by atoms with Crippen LogP contribution in [0.25, 0.3) is 10.9 Å². The Morgan fingerprint density at radius 1 is 1.05 bits per heavy atom. The molecule has 0 amide bonds. The molecule has 0 saturated carbocycles. The van der Waals surface area contributed by atoms with E-state index in [0.29, 0.717) is 5.95 Å². The molecule has 1 saturated heterocycles. The van der Waals surface area contributed by atoms with Crippen LogP contribution >= 0.6 is 0 Å². The molecule has 0 N–H and O–H groups in total. The lowest BCUT2D eigenvalue weighted by Gasteiger charge is -2.32. The summed E-state index contributed by atoms with van der Waals surface area (Å²) in [5, 5.41) is 0.984. The highest BCUT2D eigenvalue weighted by Crippen LogP contribution is 2.36. The van der Waals surface area contributed by atoms with E-state index >= 15 is 0 Å². The summed E-state index contributed by atoms with van der Waals surface area (Å²) in [5.74, 6) is 0.705. The quantitative estimate of drug-likeness (QED) is 0.794. The lowest BCUT2D eigenvalue weighted by atomic mass is 9.78. The molecule has 1 aromatic heterocycles. The van der Waals surface area contributed by atoms with Gasteiger partial charge in [-0.25, -0.2) is 9.97 Å². The molecule has 1 aliphatic heterocycles. The molecule has 0 radical (unpaired) electrons. The minimum Gasteiger partial charge on any atom is -0.399 e. The lowest BCUT2D eigenvalue weighted by molar-refractivity contribution is 0.00578. The maximum absolute atomic E-state index is 6.09. The summed E-state index contributed by atoms with van der Waals surface area (Å²) in [6, 6.07) is 6.04. The van der Waals surface area contributed by atoms with Crippen molar-refractivity contribution in [1.82, 2.24) is 9.97 Å². The van der Waals surface area contributed by atoms with E-state index in [1.807, 2.05) is 43.4 Å². The van der Waals surface area contributed by atoms with Crippen LogP contribution in [0.1, 0.15) is 27.7 Å². The van der Waals surface area contributed by atoms with Crippen LogP contribution in [0.3, 0.4) is 0 Å². The number of hydrogen-bond acceptors (Lipinski definition) is 5. The van der Waals surface area contributed by atoms with E-state index in [4.69, 9.17) is 9.31 Å². The van der Waals surface area contributed by atoms with E-state index < -0.39 is 0 Å². The number of hydrogen-bond donors (Lipinski definition) is 0. The van der Waals surface area contributed by atoms with Crippen molar-refractivity contribution in [3.05, 3.63) is 24.4 Å². The molecule has 2 aromatic rings. The van der Waals surface area contributed by atoms with Crippen molar-refractivity contribution in [3.8, 4) is 0 Å². The van der Waals surface area contributed by atoms with Crippen molar-refractivity contribution >= 4 is 29.4 Å². The Hall–Kier alpha value is -1.66. The summed E-state index contributed by atoms with van der Waals surface area (Å²) in [5.41, 5.74) is 1.24. The first kappa shape index (κ1) is 15.2. The van der Waals surface area contributed by atoms with E-state index in [1.54, 1.807) is 0 Å². The largest absolute Gasteiger partial charge is 0.494 e. The Bertz CT molecular complexity index is 700. The van der Waals surface area contributed by atoms with Crippen LogP contribution in [-0.4, -0.2) is 42.4 Å². The SMILES string of the molecule is CN(C)c1ncc2cc(B3OC(C)(C)C(C)(C)O3)ccc2n1. The Morgan fingerprint density at radius 2 is 1.68 bits per heavy atom. The molecule has 0 aliphatic carbocycles. The van der Waals surface area contributed by atoms with Gasteiger partial charge in [-0.15, -0.1) is 0 Å². The zero-order valence-corrected chi connectivity index (χ0v) is 14.0. The topological polar surface area (TPSA) is 47.5 Å². The van der Waals surface area contributed by atoms with Gasteiger partial charge in [0.15, 0.2) is 0 Å². The predicted octanol–water partition coefficient (Wildman–Crippen LogP) is 1.99. The Morgan fingerprint density at radius 3 is 2.27 bits per heavy atom. The molecule has 0 atom stereocenters. The van der Waals surface area contributed by atoms with Gasteiger partial charge in [-0.3, -0.25) is 0 Å². The predicted molar refractivity (Wildman–Crippen MR) is 89.6 cm³/mol. The van der Waals surface area contributed by atoms with Crippen LogP contribution in [-0.2, 0) is 9.31 Å². The number of fused-ring (bicyclic) bond motifs is 1. The minimum atomic E-state index is -0.358. The number of anilines is 1. The van der Waals surface area contributed by atoms with Gasteiger partial charge in [0.25, 0.3) is 0 Å². The smallest absolute Gasteiger partial charge is 0.399 e. The van der Waals surface area contributed by atoms with Gasteiger partial charge in [0, 0.05) is 25.7 Å². The molecule has 1 fully saturated rings. The Balaban J connectivity index is 1.95. The fourth-order valence-electron chi connectivity index (χ4n) is 2.38. The number of rotatable bonds is 2. The van der Waals surface area contributed by atoms with Gasteiger partial charge in [0.05, 0.1) is 16.7 Å². The summed E-state index contributed by atoms with van der Waals surface area (Å²) in [7, 11) is 3.50. The van der Waals surface area contributed by atoms with Crippen LogP contribution in [0.15, 0.2) is 24.4 Å². The van der Waals surface area contributed by atoms with E-state index in [-0.39, 0.29) is 18.3 Å². The normalized spacial score (nSPS) is 19.6. The monoisotopic (exact) mass is 299 g/mol. The second-order valence-electron chi connectivity index (χ2n) is 6.97. The lowest BCUT2D eigenvalue weighted by Crippen LogP contribution is -2.41. The average Bonchev–Trinajstić information content (AvgIpc) is 2.66. The van der Waals surface area contributed by atoms with Gasteiger partial charge in [-0.05, 0) is 39.2 Å². The molecule has 0 spiro atoms. The molecule has 0 unspecified atom stereocenters. The average molecular weight is 299 g/mol. The van der Waals surface area contributed by atoms with Crippen LogP contribution in [0, 0.1) is 0 Å². The molecule has 1 aromatic carbocycles. The van der Waals surface area contributed by atoms with Gasteiger partial charge < -0.3 is 14.2 Å². The maximum Gasteiger partial charge on any atom is 0.494 e. The molecule has 6 heteroatoms. The van der Waals surface area contributed by atoms with Crippen LogP contribution in [0.2, 0.25) is 0 Å². The van der Waals surface area contributed by atoms with Crippen molar-refractivity contribution < 1.29 is 9.31 Å². The first-order valence-electron chi connectivity index (χ1n) is 7.49. The zero-order valence-electron chi connectivity index (χ0n) is 14.0. The van der Waals surface area contributed by atoms with Crippen molar-refractivity contribution in [1.29, 1.82) is 0 Å². The standard InChI is InChI=1S/C16H22BN3O2/c1-15(2)16(3,4)22-17(21-15)12-7-8-13-11(9-12)10-18-14(19-13)20(5)6/h7-10H,1-6H3. The molecule has 1 aliphatic rings. The van der Waals surface area contributed by atoms with E-state index in [1.165, 1.54) is 0 Å². The molecule has 2 heterocycles. The van der Waals surface area contributed by atoms with E-state index in [0.717, 1.165) is 16.4 Å². The van der Waals surface area contributed by atoms with E-state index in [2.05, 4.69) is 37.7 Å². The fourth-order valence-corrected chi connectivity index (χ4v) is 2.38. The fraction of sp³-hybridized carbons (Fsp3) is 0.500. The summed E-state index contributed by atoms with van der Waals surface area (Å²) in [6.07, 6.45) is 1.84.